The molecule has 0 aliphatic carbocycles. The van der Waals surface area contributed by atoms with Crippen LogP contribution in [-0.4, -0.2) is 24.5 Å². The van der Waals surface area contributed by atoms with Crippen LogP contribution in [0.1, 0.15) is 5.56 Å². The third-order valence-corrected chi connectivity index (χ3v) is 14.1. The maximum absolute atomic E-state index is 11.4. The van der Waals surface area contributed by atoms with Gasteiger partial charge in [-0.25, -0.2) is 19.8 Å². The molecule has 5 aromatic heterocycles. The van der Waals surface area contributed by atoms with Crippen molar-refractivity contribution in [2.24, 2.45) is 7.05 Å². The van der Waals surface area contributed by atoms with Gasteiger partial charge in [0.1, 0.15) is 6.07 Å². The van der Waals surface area contributed by atoms with E-state index in [4.69, 9.17) is 26.5 Å². The molecule has 7 heteroatoms. The molecule has 0 amide bonds. The number of hydrogen-bond acceptors (Lipinski definition) is 5. The molecule has 0 fully saturated rings. The van der Waals surface area contributed by atoms with Crippen LogP contribution < -0.4 is 0 Å². The molecule has 13 aromatic rings. The van der Waals surface area contributed by atoms with Gasteiger partial charge in [0.05, 0.1) is 62.7 Å². The molecule has 0 bridgehead atoms. The molecule has 0 saturated heterocycles. The van der Waals surface area contributed by atoms with Crippen LogP contribution in [0.25, 0.3) is 138 Å². The Morgan fingerprint density at radius 3 is 1.18 bits per heavy atom. The Hall–Kier alpha value is -10.3. The molecule has 5 heterocycles. The van der Waals surface area contributed by atoms with Crippen molar-refractivity contribution in [2.75, 3.05) is 0 Å². The van der Waals surface area contributed by atoms with Crippen LogP contribution in [0, 0.1) is 17.9 Å². The number of hydrogen-bond donors (Lipinski definition) is 0. The van der Waals surface area contributed by atoms with Gasteiger partial charge >= 0.3 is 0 Å². The van der Waals surface area contributed by atoms with Gasteiger partial charge in [0.25, 0.3) is 0 Å². The van der Waals surface area contributed by atoms with E-state index in [1.807, 2.05) is 116 Å². The summed E-state index contributed by atoms with van der Waals surface area (Å²) in [6, 6.07) is 80.6. The summed E-state index contributed by atoms with van der Waals surface area (Å²) in [5.41, 5.74) is 17.2. The number of nitriles is 1. The predicted molar refractivity (Wildman–Crippen MR) is 301 cm³/mol. The number of fused-ring (bicyclic) bond motifs is 6. The van der Waals surface area contributed by atoms with Crippen molar-refractivity contribution in [1.29, 1.82) is 5.26 Å². The first kappa shape index (κ1) is 43.7. The molecular weight excluding hydrogens is 903 g/mol. The van der Waals surface area contributed by atoms with Crippen molar-refractivity contribution in [2.45, 2.75) is 0 Å². The van der Waals surface area contributed by atoms with Gasteiger partial charge in [-0.15, -0.1) is 0 Å². The highest BCUT2D eigenvalue weighted by molar-refractivity contribution is 6.18. The fraction of sp³-hybridized carbons (Fsp3) is 0.0149. The lowest BCUT2D eigenvalue weighted by Crippen LogP contribution is -2.03. The van der Waals surface area contributed by atoms with Gasteiger partial charge in [-0.3, -0.25) is 4.98 Å². The molecule has 0 N–H and O–H groups in total. The van der Waals surface area contributed by atoms with Crippen molar-refractivity contribution >= 4 is 49.3 Å². The molecule has 0 atom stereocenters. The largest absolute Gasteiger partial charge is 0.345 e. The van der Waals surface area contributed by atoms with Crippen LogP contribution in [0.2, 0.25) is 0 Å². The molecule has 0 radical (unpaired) electrons. The van der Waals surface area contributed by atoms with Gasteiger partial charge in [0, 0.05) is 62.1 Å². The van der Waals surface area contributed by atoms with Crippen molar-refractivity contribution in [1.82, 2.24) is 24.5 Å². The molecule has 0 saturated carbocycles. The fourth-order valence-electron chi connectivity index (χ4n) is 10.6. The monoisotopic (exact) mass is 943 g/mol. The SMILES string of the molecule is [C-]#[N+]c1c(-c2ccccc2)nc2c(ccc3c(-c4ccccc4)cc(-c4ccccc4)nc32)c1-c1ccc(-c2c(C#N)c(-c3ccccc3)nc3c2ccc2c(-c4ccccc4)cc(-c4ccccc4)nc23)n1C. The first-order valence-electron chi connectivity index (χ1n) is 24.5. The maximum Gasteiger partial charge on any atom is 0.222 e. The van der Waals surface area contributed by atoms with E-state index in [0.717, 1.165) is 111 Å². The number of benzene rings is 8. The van der Waals surface area contributed by atoms with E-state index >= 15 is 0 Å². The van der Waals surface area contributed by atoms with Crippen LogP contribution in [0.3, 0.4) is 0 Å². The van der Waals surface area contributed by atoms with Gasteiger partial charge in [-0.05, 0) is 52.1 Å². The minimum Gasteiger partial charge on any atom is -0.345 e. The summed E-state index contributed by atoms with van der Waals surface area (Å²) in [7, 11) is 2.02. The highest BCUT2D eigenvalue weighted by Crippen LogP contribution is 2.48. The Balaban J connectivity index is 1.12. The summed E-state index contributed by atoms with van der Waals surface area (Å²) in [5, 5.41) is 14.9. The lowest BCUT2D eigenvalue weighted by Gasteiger charge is -2.19. The van der Waals surface area contributed by atoms with Crippen LogP contribution >= 0.6 is 0 Å². The van der Waals surface area contributed by atoms with Crippen LogP contribution in [0.4, 0.5) is 5.69 Å². The molecular formula is C67H41N7. The molecule has 0 aliphatic heterocycles. The zero-order valence-electron chi connectivity index (χ0n) is 40.1. The highest BCUT2D eigenvalue weighted by atomic mass is 15.0. The zero-order chi connectivity index (χ0) is 49.7. The van der Waals surface area contributed by atoms with E-state index in [1.165, 1.54) is 0 Å². The number of rotatable bonds is 8. The van der Waals surface area contributed by atoms with Crippen molar-refractivity contribution in [3.8, 4) is 95.9 Å². The predicted octanol–water partition coefficient (Wildman–Crippen LogP) is 17.0. The van der Waals surface area contributed by atoms with Crippen LogP contribution in [-0.2, 0) is 7.05 Å². The van der Waals surface area contributed by atoms with Crippen molar-refractivity contribution in [3.05, 3.63) is 248 Å². The maximum atomic E-state index is 11.4. The summed E-state index contributed by atoms with van der Waals surface area (Å²) in [6.07, 6.45) is 0. The van der Waals surface area contributed by atoms with Crippen LogP contribution in [0.15, 0.2) is 231 Å². The zero-order valence-corrected chi connectivity index (χ0v) is 40.1. The minimum atomic E-state index is 0.417. The number of nitrogens with zero attached hydrogens (tertiary/aromatic N) is 7. The Morgan fingerprint density at radius 2 is 0.743 bits per heavy atom. The first-order chi connectivity index (χ1) is 36.6. The number of aromatic nitrogens is 5. The van der Waals surface area contributed by atoms with Crippen molar-refractivity contribution in [3.63, 3.8) is 0 Å². The first-order valence-corrected chi connectivity index (χ1v) is 24.5. The molecule has 13 rings (SSSR count). The summed E-state index contributed by atoms with van der Waals surface area (Å²) in [6.45, 7) is 8.93. The molecule has 0 aliphatic rings. The van der Waals surface area contributed by atoms with Gasteiger partial charge in [0.2, 0.25) is 5.69 Å². The quantitative estimate of drug-likeness (QED) is 0.112. The van der Waals surface area contributed by atoms with E-state index in [0.29, 0.717) is 33.7 Å². The Morgan fingerprint density at radius 1 is 0.392 bits per heavy atom. The molecule has 344 valence electrons. The van der Waals surface area contributed by atoms with E-state index in [9.17, 15) is 5.26 Å². The van der Waals surface area contributed by atoms with E-state index in [1.54, 1.807) is 0 Å². The second kappa shape index (κ2) is 18.1. The molecule has 7 nitrogen and oxygen atoms in total. The van der Waals surface area contributed by atoms with Gasteiger partial charge < -0.3 is 4.57 Å². The summed E-state index contributed by atoms with van der Waals surface area (Å²) in [4.78, 5) is 26.1. The topological polar surface area (TPSA) is 84.6 Å². The summed E-state index contributed by atoms with van der Waals surface area (Å²) in [5.74, 6) is 0. The average Bonchev–Trinajstić information content (AvgIpc) is 3.86. The molecule has 8 aromatic carbocycles. The molecule has 74 heavy (non-hydrogen) atoms. The van der Waals surface area contributed by atoms with Crippen LogP contribution in [0.5, 0.6) is 0 Å². The second-order valence-electron chi connectivity index (χ2n) is 18.3. The van der Waals surface area contributed by atoms with Gasteiger partial charge in [-0.2, -0.15) is 5.26 Å². The van der Waals surface area contributed by atoms with E-state index in [2.05, 4.69) is 137 Å². The summed E-state index contributed by atoms with van der Waals surface area (Å²) >= 11 is 0. The molecule has 0 unspecified atom stereocenters. The fourth-order valence-corrected chi connectivity index (χ4v) is 10.6. The smallest absolute Gasteiger partial charge is 0.222 e. The highest BCUT2D eigenvalue weighted by Gasteiger charge is 2.27. The average molecular weight is 944 g/mol. The Bertz CT molecular complexity index is 4120. The molecule has 0 spiro atoms. The lowest BCUT2D eigenvalue weighted by molar-refractivity contribution is 0.948. The Labute approximate surface area is 427 Å². The van der Waals surface area contributed by atoms with E-state index < -0.39 is 0 Å². The standard InChI is InChI=1S/C67H41N7/c1-69-67-60(51-36-34-49-53(43-23-11-4-12-24-43)40-56(45-27-15-6-16-28-45)71-64(49)66(51)73-62(67)47-31-19-8-20-32-47)58-38-37-57(74(58)2)59-50-35-33-48-52(42-21-9-3-10-22-42)39-55(44-25-13-5-14-26-44)70-63(48)65(50)72-61(54(59)41-68)46-29-17-7-18-30-46/h3-40H,2H3. The normalized spacial score (nSPS) is 11.3. The third kappa shape index (κ3) is 7.27. The minimum absolute atomic E-state index is 0.417. The number of pyridine rings is 4. The summed E-state index contributed by atoms with van der Waals surface area (Å²) < 4.78 is 2.11. The second-order valence-corrected chi connectivity index (χ2v) is 18.3. The van der Waals surface area contributed by atoms with Gasteiger partial charge in [-0.1, -0.05) is 206 Å². The lowest BCUT2D eigenvalue weighted by atomic mass is 9.92. The Kier molecular flexibility index (Phi) is 10.7. The van der Waals surface area contributed by atoms with Crippen molar-refractivity contribution < 1.29 is 0 Å². The van der Waals surface area contributed by atoms with E-state index in [-0.39, 0.29) is 0 Å². The third-order valence-electron chi connectivity index (χ3n) is 14.1. The van der Waals surface area contributed by atoms with Gasteiger partial charge in [0.15, 0.2) is 0 Å².